The molecule has 0 bridgehead atoms. The van der Waals surface area contributed by atoms with Crippen LogP contribution >= 0.6 is 23.5 Å². The summed E-state index contributed by atoms with van der Waals surface area (Å²) in [4.78, 5) is 73.5. The molecule has 0 aromatic carbocycles. The van der Waals surface area contributed by atoms with Crippen molar-refractivity contribution in [2.24, 2.45) is 0 Å². The number of carbonyl (C=O) groups is 2. The number of ether oxygens (including phenoxy) is 2. The molecule has 0 radical (unpaired) electrons. The Balaban J connectivity index is 2.80. The standard InChI is InChI=1S/C42H83O19P3/c1-4-6-8-10-12-14-16-18-20-22-24-26-28-30-35(43)56-32-34(58-36(44)31-29-27-25-23-21-19-17-15-13-11-9-7-5-2)33-57-64(54,55)61-41-37(45)38(59-62(48,49)50)39(60-63(51,52)53)40(46)42(41,3)47/h34,37-41,45-47H,4-33H2,1-3H3,(H,54,55)(H2,48,49,50)(H2,51,52,53)/t34-,37?,38?,39?,40?,41?,42?/m0/s1. The summed E-state index contributed by atoms with van der Waals surface area (Å²) in [5.74, 6) is -1.29. The minimum atomic E-state index is -5.62. The molecule has 1 aliphatic carbocycles. The summed E-state index contributed by atoms with van der Waals surface area (Å²) in [6.07, 6.45) is 15.0. The number of aliphatic hydroxyl groups is 3. The monoisotopic (exact) mass is 984 g/mol. The van der Waals surface area contributed by atoms with Gasteiger partial charge >= 0.3 is 35.4 Å². The average Bonchev–Trinajstić information content (AvgIpc) is 3.21. The highest BCUT2D eigenvalue weighted by Crippen LogP contribution is 2.53. The lowest BCUT2D eigenvalue weighted by Crippen LogP contribution is -2.70. The number of phosphoric acid groups is 3. The topological polar surface area (TPSA) is 303 Å². The normalized spacial score (nSPS) is 23.1. The van der Waals surface area contributed by atoms with Gasteiger partial charge in [0.15, 0.2) is 6.10 Å². The van der Waals surface area contributed by atoms with Crippen molar-refractivity contribution in [3.8, 4) is 0 Å². The predicted octanol–water partition coefficient (Wildman–Crippen LogP) is 8.35. The van der Waals surface area contributed by atoms with E-state index in [0.29, 0.717) is 19.8 Å². The zero-order chi connectivity index (χ0) is 48.1. The third-order valence-corrected chi connectivity index (χ3v) is 13.3. The number of esters is 2. The molecule has 1 saturated carbocycles. The molecule has 0 heterocycles. The number of hydrogen-bond acceptors (Lipinski definition) is 14. The zero-order valence-electron chi connectivity index (χ0n) is 38.6. The third-order valence-electron chi connectivity index (χ3n) is 11.3. The van der Waals surface area contributed by atoms with Gasteiger partial charge in [-0.2, -0.15) is 0 Å². The van der Waals surface area contributed by atoms with E-state index in [0.717, 1.165) is 51.4 Å². The summed E-state index contributed by atoms with van der Waals surface area (Å²) in [7, 11) is -16.7. The van der Waals surface area contributed by atoms with Crippen LogP contribution in [0.1, 0.15) is 201 Å². The van der Waals surface area contributed by atoms with Gasteiger partial charge in [-0.3, -0.25) is 27.7 Å². The van der Waals surface area contributed by atoms with Crippen LogP contribution in [0.3, 0.4) is 0 Å². The molecule has 1 aliphatic rings. The Kier molecular flexibility index (Phi) is 32.1. The van der Waals surface area contributed by atoms with Gasteiger partial charge in [0, 0.05) is 12.8 Å². The van der Waals surface area contributed by atoms with E-state index in [9.17, 15) is 63.1 Å². The highest BCUT2D eigenvalue weighted by atomic mass is 31.2. The molecule has 8 atom stereocenters. The molecule has 19 nitrogen and oxygen atoms in total. The third kappa shape index (κ3) is 29.1. The van der Waals surface area contributed by atoms with Crippen LogP contribution in [0.2, 0.25) is 0 Å². The molecule has 64 heavy (non-hydrogen) atoms. The first-order valence-electron chi connectivity index (χ1n) is 23.7. The van der Waals surface area contributed by atoms with Crippen molar-refractivity contribution in [1.82, 2.24) is 0 Å². The molecule has 0 aromatic heterocycles. The van der Waals surface area contributed by atoms with Crippen LogP contribution in [0.4, 0.5) is 0 Å². The summed E-state index contributed by atoms with van der Waals surface area (Å²) in [6.45, 7) is 3.65. The SMILES string of the molecule is CCCCCCCCCCCCCCCC(=O)OC[C@@H](COP(=O)(O)OC1C(O)C(OP(=O)(O)O)C(OP(=O)(O)O)C(O)C1(C)O)OC(=O)CCCCCCCCCCCCCCC. The fourth-order valence-electron chi connectivity index (χ4n) is 7.66. The van der Waals surface area contributed by atoms with Gasteiger partial charge in [0.1, 0.15) is 42.7 Å². The Morgan fingerprint density at radius 1 is 0.531 bits per heavy atom. The van der Waals surface area contributed by atoms with Crippen molar-refractivity contribution in [2.75, 3.05) is 13.2 Å². The molecule has 8 N–H and O–H groups in total. The highest BCUT2D eigenvalue weighted by molar-refractivity contribution is 7.47. The van der Waals surface area contributed by atoms with Gasteiger partial charge in [0.05, 0.1) is 6.61 Å². The fraction of sp³-hybridized carbons (Fsp3) is 0.952. The van der Waals surface area contributed by atoms with E-state index in [4.69, 9.17) is 18.5 Å². The van der Waals surface area contributed by atoms with E-state index in [1.54, 1.807) is 0 Å². The van der Waals surface area contributed by atoms with Crippen LogP contribution in [0, 0.1) is 0 Å². The number of rotatable bonds is 40. The van der Waals surface area contributed by atoms with E-state index in [1.165, 1.54) is 103 Å². The molecule has 1 rings (SSSR count). The Labute approximate surface area is 381 Å². The molecule has 380 valence electrons. The maximum Gasteiger partial charge on any atom is 0.472 e. The largest absolute Gasteiger partial charge is 0.472 e. The van der Waals surface area contributed by atoms with Crippen LogP contribution in [0.5, 0.6) is 0 Å². The van der Waals surface area contributed by atoms with Crippen LogP contribution < -0.4 is 0 Å². The summed E-state index contributed by atoms with van der Waals surface area (Å²) in [5, 5.41) is 32.7. The maximum absolute atomic E-state index is 13.2. The molecule has 0 aromatic rings. The number of unbranched alkanes of at least 4 members (excludes halogenated alkanes) is 24. The second-order valence-corrected chi connectivity index (χ2v) is 21.1. The molecule has 0 aliphatic heterocycles. The van der Waals surface area contributed by atoms with Gasteiger partial charge in [0.25, 0.3) is 0 Å². The summed E-state index contributed by atoms with van der Waals surface area (Å²) in [6, 6.07) is 0. The fourth-order valence-corrected chi connectivity index (χ4v) is 9.82. The summed E-state index contributed by atoms with van der Waals surface area (Å²) >= 11 is 0. The van der Waals surface area contributed by atoms with Crippen molar-refractivity contribution < 1.29 is 90.6 Å². The van der Waals surface area contributed by atoms with Crippen molar-refractivity contribution in [3.05, 3.63) is 0 Å². The molecular weight excluding hydrogens is 901 g/mol. The first-order chi connectivity index (χ1) is 30.1. The quantitative estimate of drug-likeness (QED) is 0.0162. The van der Waals surface area contributed by atoms with Crippen LogP contribution in [0.15, 0.2) is 0 Å². The Bertz CT molecular complexity index is 1390. The van der Waals surface area contributed by atoms with Crippen molar-refractivity contribution >= 4 is 35.4 Å². The van der Waals surface area contributed by atoms with Gasteiger partial charge < -0.3 is 49.3 Å². The average molecular weight is 985 g/mol. The first-order valence-corrected chi connectivity index (χ1v) is 28.3. The lowest BCUT2D eigenvalue weighted by Gasteiger charge is -2.49. The lowest BCUT2D eigenvalue weighted by molar-refractivity contribution is -0.251. The molecule has 0 amide bonds. The number of carbonyl (C=O) groups excluding carboxylic acids is 2. The highest BCUT2D eigenvalue weighted by Gasteiger charge is 2.62. The van der Waals surface area contributed by atoms with Crippen LogP contribution in [-0.4, -0.2) is 107 Å². The number of phosphoric ester groups is 3. The summed E-state index contributed by atoms with van der Waals surface area (Å²) < 4.78 is 66.0. The molecular formula is C42H83O19P3. The van der Waals surface area contributed by atoms with Gasteiger partial charge in [-0.1, -0.05) is 168 Å². The van der Waals surface area contributed by atoms with Crippen LogP contribution in [-0.2, 0) is 50.9 Å². The van der Waals surface area contributed by atoms with Crippen LogP contribution in [0.25, 0.3) is 0 Å². The van der Waals surface area contributed by atoms with Gasteiger partial charge in [-0.25, -0.2) is 13.7 Å². The first kappa shape index (κ1) is 61.2. The van der Waals surface area contributed by atoms with Gasteiger partial charge in [-0.15, -0.1) is 0 Å². The smallest absolute Gasteiger partial charge is 0.462 e. The second kappa shape index (κ2) is 33.6. The van der Waals surface area contributed by atoms with Crippen molar-refractivity contribution in [1.29, 1.82) is 0 Å². The van der Waals surface area contributed by atoms with Crippen molar-refractivity contribution in [2.45, 2.75) is 243 Å². The Morgan fingerprint density at radius 2 is 0.891 bits per heavy atom. The van der Waals surface area contributed by atoms with E-state index in [1.807, 2.05) is 0 Å². The molecule has 1 fully saturated rings. The van der Waals surface area contributed by atoms with Crippen molar-refractivity contribution in [3.63, 3.8) is 0 Å². The predicted molar refractivity (Wildman–Crippen MR) is 239 cm³/mol. The Hall–Kier alpha value is -0.850. The number of hydrogen-bond donors (Lipinski definition) is 8. The molecule has 0 saturated heterocycles. The van der Waals surface area contributed by atoms with E-state index in [-0.39, 0.29) is 12.8 Å². The second-order valence-electron chi connectivity index (χ2n) is 17.4. The minimum Gasteiger partial charge on any atom is -0.462 e. The Morgan fingerprint density at radius 3 is 1.28 bits per heavy atom. The molecule has 22 heteroatoms. The molecule has 7 unspecified atom stereocenters. The van der Waals surface area contributed by atoms with Gasteiger partial charge in [0.2, 0.25) is 0 Å². The maximum atomic E-state index is 13.2. The number of aliphatic hydroxyl groups excluding tert-OH is 2. The van der Waals surface area contributed by atoms with E-state index >= 15 is 0 Å². The minimum absolute atomic E-state index is 0.00226. The summed E-state index contributed by atoms with van der Waals surface area (Å²) in [5.41, 5.74) is -2.90. The molecule has 0 spiro atoms. The van der Waals surface area contributed by atoms with Gasteiger partial charge in [-0.05, 0) is 19.8 Å². The zero-order valence-corrected chi connectivity index (χ0v) is 41.3. The van der Waals surface area contributed by atoms with E-state index in [2.05, 4.69) is 22.9 Å². The lowest BCUT2D eigenvalue weighted by atomic mass is 9.76. The van der Waals surface area contributed by atoms with E-state index < -0.39 is 90.8 Å².